The monoisotopic (exact) mass is 358 g/mol. The van der Waals surface area contributed by atoms with E-state index < -0.39 is 29.9 Å². The molecule has 0 spiro atoms. The first kappa shape index (κ1) is 20.3. The van der Waals surface area contributed by atoms with Crippen LogP contribution in [0.5, 0.6) is 0 Å². The maximum atomic E-state index is 12.4. The molecule has 0 aromatic carbocycles. The van der Waals surface area contributed by atoms with E-state index in [1.165, 1.54) is 0 Å². The molecule has 0 radical (unpaired) electrons. The second kappa shape index (κ2) is 10.2. The van der Waals surface area contributed by atoms with Gasteiger partial charge in [-0.2, -0.15) is 11.8 Å². The molecule has 0 aliphatic carbocycles. The highest BCUT2D eigenvalue weighted by Gasteiger charge is 2.31. The summed E-state index contributed by atoms with van der Waals surface area (Å²) in [7, 11) is 0. The average Bonchev–Trinajstić information content (AvgIpc) is 2.97. The van der Waals surface area contributed by atoms with Crippen molar-refractivity contribution < 1.29 is 19.2 Å². The lowest BCUT2D eigenvalue weighted by Crippen LogP contribution is -2.55. The molecule has 136 valence electrons. The lowest BCUT2D eigenvalue weighted by Gasteiger charge is -2.22. The Balaban J connectivity index is 2.64. The van der Waals surface area contributed by atoms with Crippen molar-refractivity contribution in [3.63, 3.8) is 0 Å². The van der Waals surface area contributed by atoms with Crippen LogP contribution in [-0.2, 0) is 19.2 Å². The first-order chi connectivity index (χ1) is 11.4. The molecule has 1 aliphatic rings. The number of carbonyl (C=O) groups excluding carboxylic acids is 4. The van der Waals surface area contributed by atoms with Crippen molar-refractivity contribution in [1.29, 1.82) is 0 Å². The molecular weight excluding hydrogens is 332 g/mol. The van der Waals surface area contributed by atoms with Gasteiger partial charge in [0, 0.05) is 6.42 Å². The fraction of sp³-hybridized carbons (Fsp3) is 0.733. The van der Waals surface area contributed by atoms with Crippen LogP contribution in [0.1, 0.15) is 39.0 Å². The van der Waals surface area contributed by atoms with Gasteiger partial charge in [0.25, 0.3) is 0 Å². The second-order valence-electron chi connectivity index (χ2n) is 5.75. The fourth-order valence-corrected chi connectivity index (χ4v) is 2.91. The summed E-state index contributed by atoms with van der Waals surface area (Å²) >= 11 is 1.55. The Bertz CT molecular complexity index is 486. The summed E-state index contributed by atoms with van der Waals surface area (Å²) in [6.45, 7) is 1.89. The molecule has 5 N–H and O–H groups in total. The summed E-state index contributed by atoms with van der Waals surface area (Å²) in [5.41, 5.74) is 5.32. The lowest BCUT2D eigenvalue weighted by molar-refractivity contribution is -0.132. The molecule has 3 unspecified atom stereocenters. The van der Waals surface area contributed by atoms with Crippen LogP contribution in [0.2, 0.25) is 0 Å². The number of hydrogen-bond acceptors (Lipinski definition) is 5. The Morgan fingerprint density at radius 1 is 1.29 bits per heavy atom. The highest BCUT2D eigenvalue weighted by atomic mass is 32.2. The molecular formula is C15H26N4O4S. The maximum absolute atomic E-state index is 12.4. The summed E-state index contributed by atoms with van der Waals surface area (Å²) < 4.78 is 0. The summed E-state index contributed by atoms with van der Waals surface area (Å²) in [4.78, 5) is 47.2. The van der Waals surface area contributed by atoms with E-state index in [0.29, 0.717) is 37.9 Å². The van der Waals surface area contributed by atoms with Gasteiger partial charge in [-0.25, -0.2) is 0 Å². The topological polar surface area (TPSA) is 130 Å². The van der Waals surface area contributed by atoms with E-state index in [9.17, 15) is 19.2 Å². The fourth-order valence-electron chi connectivity index (χ4n) is 2.43. The molecule has 0 aromatic rings. The summed E-state index contributed by atoms with van der Waals surface area (Å²) in [5.74, 6) is -0.888. The predicted molar refractivity (Wildman–Crippen MR) is 92.1 cm³/mol. The number of rotatable bonds is 10. The Morgan fingerprint density at radius 3 is 2.50 bits per heavy atom. The first-order valence-corrected chi connectivity index (χ1v) is 9.46. The normalized spacial score (nSPS) is 19.2. The van der Waals surface area contributed by atoms with Crippen molar-refractivity contribution in [2.75, 3.05) is 12.0 Å². The molecule has 1 saturated heterocycles. The van der Waals surface area contributed by atoms with Gasteiger partial charge in [-0.1, -0.05) is 13.3 Å². The predicted octanol–water partition coefficient (Wildman–Crippen LogP) is -0.727. The Labute approximate surface area is 146 Å². The van der Waals surface area contributed by atoms with Gasteiger partial charge in [0.2, 0.25) is 23.6 Å². The van der Waals surface area contributed by atoms with Crippen molar-refractivity contribution in [3.8, 4) is 0 Å². The van der Waals surface area contributed by atoms with Gasteiger partial charge in [0.15, 0.2) is 0 Å². The summed E-state index contributed by atoms with van der Waals surface area (Å²) in [6.07, 6.45) is 4.18. The van der Waals surface area contributed by atoms with Crippen molar-refractivity contribution in [1.82, 2.24) is 16.0 Å². The van der Waals surface area contributed by atoms with Crippen LogP contribution >= 0.6 is 11.8 Å². The zero-order chi connectivity index (χ0) is 18.1. The maximum Gasteiger partial charge on any atom is 0.243 e. The molecule has 24 heavy (non-hydrogen) atoms. The van der Waals surface area contributed by atoms with E-state index in [4.69, 9.17) is 5.73 Å². The third kappa shape index (κ3) is 6.38. The zero-order valence-corrected chi connectivity index (χ0v) is 14.9. The van der Waals surface area contributed by atoms with Gasteiger partial charge in [0.1, 0.15) is 18.1 Å². The van der Waals surface area contributed by atoms with Crippen LogP contribution in [0.3, 0.4) is 0 Å². The van der Waals surface area contributed by atoms with Crippen LogP contribution < -0.4 is 21.7 Å². The number of amides is 4. The van der Waals surface area contributed by atoms with Crippen LogP contribution in [-0.4, -0.2) is 53.8 Å². The average molecular weight is 358 g/mol. The Hall–Kier alpha value is -1.77. The standard InChI is InChI=1S/C15H26N4O4S/c1-3-4-10(19-15(23)11-5-6-12(20)17-11)14(22)18-9(13(16)21)7-8-24-2/h9-11H,3-8H2,1-2H3,(H2,16,21)(H,17,20)(H,18,22)(H,19,23). The van der Waals surface area contributed by atoms with Gasteiger partial charge >= 0.3 is 0 Å². The Morgan fingerprint density at radius 2 is 2.00 bits per heavy atom. The SMILES string of the molecule is CCCC(NC(=O)C1CCC(=O)N1)C(=O)NC(CCSC)C(N)=O. The molecule has 1 rings (SSSR count). The van der Waals surface area contributed by atoms with E-state index in [0.717, 1.165) is 0 Å². The number of primary amides is 1. The molecule has 9 heteroatoms. The van der Waals surface area contributed by atoms with E-state index in [2.05, 4.69) is 16.0 Å². The molecule has 3 atom stereocenters. The van der Waals surface area contributed by atoms with E-state index in [-0.39, 0.29) is 11.8 Å². The molecule has 1 aliphatic heterocycles. The second-order valence-corrected chi connectivity index (χ2v) is 6.74. The highest BCUT2D eigenvalue weighted by molar-refractivity contribution is 7.98. The van der Waals surface area contributed by atoms with E-state index >= 15 is 0 Å². The van der Waals surface area contributed by atoms with E-state index in [1.54, 1.807) is 11.8 Å². The minimum absolute atomic E-state index is 0.169. The van der Waals surface area contributed by atoms with Gasteiger partial charge in [-0.3, -0.25) is 19.2 Å². The van der Waals surface area contributed by atoms with Gasteiger partial charge < -0.3 is 21.7 Å². The highest BCUT2D eigenvalue weighted by Crippen LogP contribution is 2.08. The third-order valence-electron chi connectivity index (χ3n) is 3.79. The van der Waals surface area contributed by atoms with Crippen molar-refractivity contribution in [2.45, 2.75) is 57.2 Å². The molecule has 0 bridgehead atoms. The number of thioether (sulfide) groups is 1. The molecule has 1 heterocycles. The largest absolute Gasteiger partial charge is 0.368 e. The number of nitrogens with two attached hydrogens (primary N) is 1. The molecule has 1 fully saturated rings. The lowest BCUT2D eigenvalue weighted by atomic mass is 10.1. The van der Waals surface area contributed by atoms with E-state index in [1.807, 2.05) is 13.2 Å². The minimum Gasteiger partial charge on any atom is -0.368 e. The van der Waals surface area contributed by atoms with Crippen LogP contribution in [0.15, 0.2) is 0 Å². The molecule has 8 nitrogen and oxygen atoms in total. The molecule has 4 amide bonds. The van der Waals surface area contributed by atoms with Gasteiger partial charge in [-0.15, -0.1) is 0 Å². The quantitative estimate of drug-likeness (QED) is 0.409. The summed E-state index contributed by atoms with van der Waals surface area (Å²) in [5, 5.41) is 7.84. The zero-order valence-electron chi connectivity index (χ0n) is 14.1. The van der Waals surface area contributed by atoms with Crippen LogP contribution in [0.25, 0.3) is 0 Å². The van der Waals surface area contributed by atoms with Crippen LogP contribution in [0.4, 0.5) is 0 Å². The number of hydrogen-bond donors (Lipinski definition) is 4. The minimum atomic E-state index is -0.757. The van der Waals surface area contributed by atoms with Gasteiger partial charge in [0.05, 0.1) is 0 Å². The van der Waals surface area contributed by atoms with Crippen LogP contribution in [0, 0.1) is 0 Å². The third-order valence-corrected chi connectivity index (χ3v) is 4.44. The summed E-state index contributed by atoms with van der Waals surface area (Å²) in [6, 6.07) is -2.11. The van der Waals surface area contributed by atoms with Crippen molar-refractivity contribution in [2.24, 2.45) is 5.73 Å². The smallest absolute Gasteiger partial charge is 0.243 e. The number of carbonyl (C=O) groups is 4. The van der Waals surface area contributed by atoms with Gasteiger partial charge in [-0.05, 0) is 31.3 Å². The Kier molecular flexibility index (Phi) is 8.59. The first-order valence-electron chi connectivity index (χ1n) is 8.07. The molecule has 0 saturated carbocycles. The van der Waals surface area contributed by atoms with Crippen molar-refractivity contribution in [3.05, 3.63) is 0 Å². The number of nitrogens with one attached hydrogen (secondary N) is 3. The molecule has 0 aromatic heterocycles. The van der Waals surface area contributed by atoms with Crippen molar-refractivity contribution >= 4 is 35.4 Å².